The predicted octanol–water partition coefficient (Wildman–Crippen LogP) is 2.05. The van der Waals surface area contributed by atoms with Crippen molar-refractivity contribution in [3.8, 4) is 0 Å². The third-order valence-corrected chi connectivity index (χ3v) is 5.83. The van der Waals surface area contributed by atoms with E-state index in [2.05, 4.69) is 0 Å². The quantitative estimate of drug-likeness (QED) is 0.805. The van der Waals surface area contributed by atoms with Gasteiger partial charge in [-0.25, -0.2) is 8.42 Å². The lowest BCUT2D eigenvalue weighted by molar-refractivity contribution is -0.100. The van der Waals surface area contributed by atoms with E-state index in [-0.39, 0.29) is 17.5 Å². The van der Waals surface area contributed by atoms with Crippen LogP contribution in [0.25, 0.3) is 0 Å². The summed E-state index contributed by atoms with van der Waals surface area (Å²) in [5, 5.41) is 0. The van der Waals surface area contributed by atoms with E-state index in [0.29, 0.717) is 19.8 Å². The second kappa shape index (κ2) is 7.35. The first kappa shape index (κ1) is 18.2. The maximum absolute atomic E-state index is 12.8. The molecule has 0 bridgehead atoms. The molecule has 3 rings (SSSR count). The highest BCUT2D eigenvalue weighted by atomic mass is 32.2. The molecular formula is C16H19F2NO5S. The van der Waals surface area contributed by atoms with Gasteiger partial charge < -0.3 is 14.4 Å². The minimum Gasteiger partial charge on any atom is -0.348 e. The van der Waals surface area contributed by atoms with Gasteiger partial charge in [0, 0.05) is 12.1 Å². The van der Waals surface area contributed by atoms with E-state index in [1.807, 2.05) is 0 Å². The van der Waals surface area contributed by atoms with Crippen molar-refractivity contribution >= 4 is 15.7 Å². The van der Waals surface area contributed by atoms with Gasteiger partial charge in [-0.15, -0.1) is 0 Å². The highest BCUT2D eigenvalue weighted by molar-refractivity contribution is 7.91. The molecule has 6 nitrogen and oxygen atoms in total. The Morgan fingerprint density at radius 3 is 2.36 bits per heavy atom. The zero-order valence-corrected chi connectivity index (χ0v) is 14.3. The molecule has 0 N–H and O–H groups in total. The van der Waals surface area contributed by atoms with Gasteiger partial charge in [0.15, 0.2) is 6.29 Å². The number of piperidine rings is 1. The summed E-state index contributed by atoms with van der Waals surface area (Å²) in [6.45, 7) is 1.52. The molecule has 2 heterocycles. The van der Waals surface area contributed by atoms with Crippen LogP contribution < -0.4 is 0 Å². The van der Waals surface area contributed by atoms with Gasteiger partial charge in [0.25, 0.3) is 5.91 Å². The molecule has 0 unspecified atom stereocenters. The van der Waals surface area contributed by atoms with E-state index in [4.69, 9.17) is 9.47 Å². The highest BCUT2D eigenvalue weighted by Gasteiger charge is 2.36. The minimum absolute atomic E-state index is 0.201. The first-order valence-corrected chi connectivity index (χ1v) is 9.62. The van der Waals surface area contributed by atoms with E-state index >= 15 is 0 Å². The van der Waals surface area contributed by atoms with Crippen LogP contribution in [0.4, 0.5) is 8.78 Å². The minimum atomic E-state index is -4.67. The Hall–Kier alpha value is -1.58. The molecule has 0 aliphatic carbocycles. The van der Waals surface area contributed by atoms with Crippen molar-refractivity contribution in [2.75, 3.05) is 19.8 Å². The molecule has 2 aliphatic rings. The lowest BCUT2D eigenvalue weighted by Gasteiger charge is -2.38. The number of benzene rings is 1. The molecule has 2 aliphatic heterocycles. The zero-order valence-electron chi connectivity index (χ0n) is 13.4. The second-order valence-electron chi connectivity index (χ2n) is 6.00. The number of carbonyl (C=O) groups excluding carboxylic acids is 1. The Kier molecular flexibility index (Phi) is 5.35. The second-order valence-corrected chi connectivity index (χ2v) is 7.92. The molecule has 0 aromatic heterocycles. The number of likely N-dealkylation sites (tertiary alicyclic amines) is 1. The van der Waals surface area contributed by atoms with Gasteiger partial charge in [0.1, 0.15) is 0 Å². The average Bonchev–Trinajstić information content (AvgIpc) is 3.15. The van der Waals surface area contributed by atoms with Gasteiger partial charge in [0.2, 0.25) is 9.84 Å². The summed E-state index contributed by atoms with van der Waals surface area (Å²) in [6, 6.07) is 4.40. The molecule has 1 aromatic rings. The summed E-state index contributed by atoms with van der Waals surface area (Å²) in [6.07, 6.45) is 2.12. The van der Waals surface area contributed by atoms with Gasteiger partial charge in [-0.2, -0.15) is 8.78 Å². The Balaban J connectivity index is 1.79. The van der Waals surface area contributed by atoms with Crippen LogP contribution in [0.1, 0.15) is 29.6 Å². The molecule has 2 fully saturated rings. The third kappa shape index (κ3) is 3.68. The summed E-state index contributed by atoms with van der Waals surface area (Å²) in [4.78, 5) is 13.9. The van der Waals surface area contributed by atoms with Crippen LogP contribution in [0, 0.1) is 0 Å². The van der Waals surface area contributed by atoms with Crippen LogP contribution in [0.3, 0.4) is 0 Å². The summed E-state index contributed by atoms with van der Waals surface area (Å²) in [7, 11) is -4.67. The first-order chi connectivity index (χ1) is 11.9. The monoisotopic (exact) mass is 375 g/mol. The molecule has 1 atom stereocenters. The molecular weight excluding hydrogens is 356 g/mol. The fraction of sp³-hybridized carbons (Fsp3) is 0.562. The normalized spacial score (nSPS) is 22.5. The van der Waals surface area contributed by atoms with Crippen molar-refractivity contribution in [1.82, 2.24) is 4.90 Å². The number of halogens is 2. The standard InChI is InChI=1S/C16H19F2NO5S/c17-16(18)25(21,22)12-6-4-11(5-7-12)14(20)19-8-2-1-3-13(19)15-23-9-10-24-15/h4-7,13,15-16H,1-3,8-10H2/t13-/m1/s1. The smallest absolute Gasteiger partial charge is 0.341 e. The fourth-order valence-electron chi connectivity index (χ4n) is 3.15. The topological polar surface area (TPSA) is 72.9 Å². The molecule has 1 amide bonds. The maximum Gasteiger partial charge on any atom is 0.341 e. The third-order valence-electron chi connectivity index (χ3n) is 4.44. The van der Waals surface area contributed by atoms with Crippen molar-refractivity contribution in [2.24, 2.45) is 0 Å². The lowest BCUT2D eigenvalue weighted by Crippen LogP contribution is -2.50. The van der Waals surface area contributed by atoms with Gasteiger partial charge in [-0.1, -0.05) is 0 Å². The van der Waals surface area contributed by atoms with Gasteiger partial charge in [-0.05, 0) is 43.5 Å². The lowest BCUT2D eigenvalue weighted by atomic mass is 10.00. The molecule has 138 valence electrons. The van der Waals surface area contributed by atoms with Gasteiger partial charge in [0.05, 0.1) is 24.2 Å². The number of nitrogens with zero attached hydrogens (tertiary/aromatic N) is 1. The van der Waals surface area contributed by atoms with Crippen molar-refractivity contribution in [1.29, 1.82) is 0 Å². The van der Waals surface area contributed by atoms with Crippen LogP contribution >= 0.6 is 0 Å². The molecule has 0 spiro atoms. The number of hydrogen-bond donors (Lipinski definition) is 0. The molecule has 1 aromatic carbocycles. The van der Waals surface area contributed by atoms with E-state index < -0.39 is 26.8 Å². The van der Waals surface area contributed by atoms with Crippen LogP contribution in [0.5, 0.6) is 0 Å². The number of rotatable bonds is 4. The summed E-state index contributed by atoms with van der Waals surface area (Å²) in [5.41, 5.74) is 0.248. The Morgan fingerprint density at radius 1 is 1.12 bits per heavy atom. The largest absolute Gasteiger partial charge is 0.348 e. The number of carbonyl (C=O) groups is 1. The number of ether oxygens (including phenoxy) is 2. The molecule has 25 heavy (non-hydrogen) atoms. The van der Waals surface area contributed by atoms with Gasteiger partial charge in [-0.3, -0.25) is 4.79 Å². The molecule has 0 saturated carbocycles. The number of alkyl halides is 2. The highest BCUT2D eigenvalue weighted by Crippen LogP contribution is 2.26. The fourth-order valence-corrected chi connectivity index (χ4v) is 3.87. The summed E-state index contributed by atoms with van der Waals surface area (Å²) in [5.74, 6) is -3.78. The maximum atomic E-state index is 12.8. The van der Waals surface area contributed by atoms with E-state index in [1.165, 1.54) is 12.1 Å². The van der Waals surface area contributed by atoms with Crippen molar-refractivity contribution < 1.29 is 31.5 Å². The van der Waals surface area contributed by atoms with Crippen LogP contribution in [-0.2, 0) is 19.3 Å². The average molecular weight is 375 g/mol. The van der Waals surface area contributed by atoms with Crippen molar-refractivity contribution in [3.05, 3.63) is 29.8 Å². The number of hydrogen-bond acceptors (Lipinski definition) is 5. The summed E-state index contributed by atoms with van der Waals surface area (Å²) < 4.78 is 59.1. The Bertz CT molecular complexity index is 717. The summed E-state index contributed by atoms with van der Waals surface area (Å²) >= 11 is 0. The van der Waals surface area contributed by atoms with E-state index in [1.54, 1.807) is 4.90 Å². The van der Waals surface area contributed by atoms with Crippen LogP contribution in [0.15, 0.2) is 29.2 Å². The zero-order chi connectivity index (χ0) is 18.0. The van der Waals surface area contributed by atoms with Crippen LogP contribution in [0.2, 0.25) is 0 Å². The SMILES string of the molecule is O=C(c1ccc(S(=O)(=O)C(F)F)cc1)N1CCCC[C@@H]1C1OCCO1. The predicted molar refractivity (Wildman–Crippen MR) is 84.0 cm³/mol. The van der Waals surface area contributed by atoms with E-state index in [9.17, 15) is 22.0 Å². The number of amides is 1. The van der Waals surface area contributed by atoms with Crippen molar-refractivity contribution in [2.45, 2.75) is 42.2 Å². The number of sulfone groups is 1. The molecule has 9 heteroatoms. The Morgan fingerprint density at radius 2 is 1.76 bits per heavy atom. The Labute approximate surface area is 144 Å². The van der Waals surface area contributed by atoms with Crippen LogP contribution in [-0.4, -0.2) is 57.1 Å². The molecule has 0 radical (unpaired) electrons. The van der Waals surface area contributed by atoms with Gasteiger partial charge >= 0.3 is 5.76 Å². The molecule has 2 saturated heterocycles. The first-order valence-electron chi connectivity index (χ1n) is 8.07. The van der Waals surface area contributed by atoms with E-state index in [0.717, 1.165) is 31.4 Å². The van der Waals surface area contributed by atoms with Crippen molar-refractivity contribution in [3.63, 3.8) is 0 Å².